The number of rotatable bonds is 10. The highest BCUT2D eigenvalue weighted by molar-refractivity contribution is 6.30. The third kappa shape index (κ3) is 6.41. The quantitative estimate of drug-likeness (QED) is 0.219. The average molecular weight is 602 g/mol. The van der Waals surface area contributed by atoms with Crippen LogP contribution >= 0.6 is 0 Å². The fourth-order valence-electron chi connectivity index (χ4n) is 8.59. The summed E-state index contributed by atoms with van der Waals surface area (Å²) < 4.78 is 5.57. The number of amides is 1. The maximum Gasteiger partial charge on any atom is 0.269 e. The number of carbonyl (C=O) groups is 2. The van der Waals surface area contributed by atoms with Crippen LogP contribution in [-0.2, 0) is 14.3 Å². The van der Waals surface area contributed by atoms with Crippen molar-refractivity contribution in [1.82, 2.24) is 10.2 Å². The number of allylic oxidation sites excluding steroid dienone is 2. The summed E-state index contributed by atoms with van der Waals surface area (Å²) in [6, 6.07) is 5.93. The number of nitro groups is 1. The number of non-ortho nitro benzene ring substituents is 1. The molecule has 1 aromatic rings. The molecule has 44 heavy (non-hydrogen) atoms. The van der Waals surface area contributed by atoms with Gasteiger partial charge in [0.15, 0.2) is 5.78 Å². The van der Waals surface area contributed by atoms with Gasteiger partial charge >= 0.3 is 0 Å². The second kappa shape index (κ2) is 12.8. The van der Waals surface area contributed by atoms with Gasteiger partial charge in [0, 0.05) is 36.3 Å². The number of ether oxygens (including phenoxy) is 1. The number of nitro benzene ring substituents is 1. The maximum absolute atomic E-state index is 13.6. The van der Waals surface area contributed by atoms with E-state index in [0.29, 0.717) is 31.0 Å². The first-order valence-electron chi connectivity index (χ1n) is 16.1. The van der Waals surface area contributed by atoms with Crippen LogP contribution in [0.2, 0.25) is 0 Å². The van der Waals surface area contributed by atoms with E-state index in [9.17, 15) is 19.7 Å². The van der Waals surface area contributed by atoms with E-state index in [-0.39, 0.29) is 28.7 Å². The second-order valence-corrected chi connectivity index (χ2v) is 13.8. The van der Waals surface area contributed by atoms with Gasteiger partial charge in [-0.3, -0.25) is 19.7 Å². The number of morpholine rings is 1. The summed E-state index contributed by atoms with van der Waals surface area (Å²) in [5.74, 6) is 1.74. The normalized spacial score (nSPS) is 29.8. The highest BCUT2D eigenvalue weighted by atomic mass is 16.6. The zero-order valence-electron chi connectivity index (χ0n) is 25.7. The Kier molecular flexibility index (Phi) is 8.80. The number of hydrogen-bond acceptors (Lipinski definition) is 8. The van der Waals surface area contributed by atoms with Gasteiger partial charge < -0.3 is 15.0 Å². The largest absolute Gasteiger partial charge is 0.378 e. The van der Waals surface area contributed by atoms with Gasteiger partial charge in [-0.1, -0.05) is 13.8 Å². The highest BCUT2D eigenvalue weighted by Crippen LogP contribution is 2.60. The number of nitrogens with one attached hydrogen (secondary N) is 1. The molecule has 1 aliphatic heterocycles. The van der Waals surface area contributed by atoms with Gasteiger partial charge in [0.2, 0.25) is 5.91 Å². The first-order valence-corrected chi connectivity index (χ1v) is 16.1. The minimum atomic E-state index is -0.625. The molecule has 1 saturated heterocycles. The Morgan fingerprint density at radius 2 is 1.66 bits per heavy atom. The van der Waals surface area contributed by atoms with E-state index in [0.717, 1.165) is 67.6 Å². The van der Waals surface area contributed by atoms with Gasteiger partial charge in [-0.25, -0.2) is 0 Å². The van der Waals surface area contributed by atoms with Crippen LogP contribution in [0.5, 0.6) is 0 Å². The minimum Gasteiger partial charge on any atom is -0.378 e. The van der Waals surface area contributed by atoms with E-state index in [1.807, 2.05) is 13.8 Å². The molecule has 10 heteroatoms. The zero-order chi connectivity index (χ0) is 30.8. The third-order valence-corrected chi connectivity index (χ3v) is 10.3. The smallest absolute Gasteiger partial charge is 0.269 e. The molecule has 4 bridgehead atoms. The molecule has 7 rings (SSSR count). The van der Waals surface area contributed by atoms with Crippen molar-refractivity contribution in [1.29, 1.82) is 0 Å². The lowest BCUT2D eigenvalue weighted by molar-refractivity contribution is -0.384. The monoisotopic (exact) mass is 601 g/mol. The van der Waals surface area contributed by atoms with Crippen molar-refractivity contribution in [3.63, 3.8) is 0 Å². The molecule has 4 saturated carbocycles. The van der Waals surface area contributed by atoms with Crippen molar-refractivity contribution < 1.29 is 19.2 Å². The summed E-state index contributed by atoms with van der Waals surface area (Å²) in [4.78, 5) is 39.8. The number of nitrogens with zero attached hydrogens (tertiary/aromatic N) is 4. The van der Waals surface area contributed by atoms with Crippen LogP contribution in [0.25, 0.3) is 6.08 Å². The molecule has 0 aromatic heterocycles. The Bertz CT molecular complexity index is 1370. The fourth-order valence-corrected chi connectivity index (χ4v) is 8.59. The van der Waals surface area contributed by atoms with Crippen molar-refractivity contribution in [2.45, 2.75) is 71.3 Å². The number of hydrogen-bond donors (Lipinski definition) is 1. The van der Waals surface area contributed by atoms with E-state index in [1.165, 1.54) is 37.6 Å². The summed E-state index contributed by atoms with van der Waals surface area (Å²) in [6.45, 7) is 6.69. The maximum atomic E-state index is 13.6. The lowest BCUT2D eigenvalue weighted by Gasteiger charge is -2.55. The lowest BCUT2D eigenvalue weighted by atomic mass is 9.49. The van der Waals surface area contributed by atoms with Crippen LogP contribution in [0.4, 0.5) is 5.69 Å². The SMILES string of the molecule is CC(C)C(NC(=O)C12CC3CC(CC(C3)C1)C2)C(=O)/C=N/N=C/C1=C(N2CCOCC2)C(=C\c2ccc([N+](=O)[O-])cc2)/CC1. The molecular weight excluding hydrogens is 558 g/mol. The standard InChI is InChI=1S/C34H43N5O5/c1-22(2)31(37-33(41)34-17-24-13-25(18-34)15-26(14-24)19-34)30(40)21-36-35-20-28-6-5-27(32(28)38-9-11-44-12-10-38)16-23-3-7-29(8-4-23)39(42)43/h3-4,7-8,16,20-22,24-26,31H,5-6,9-15,17-19H2,1-2H3,(H,37,41)/b27-16-,35-20+,36-21+. The highest BCUT2D eigenvalue weighted by Gasteiger charge is 2.55. The molecule has 0 radical (unpaired) electrons. The Labute approximate surface area is 258 Å². The topological polar surface area (TPSA) is 126 Å². The molecule has 6 aliphatic rings. The summed E-state index contributed by atoms with van der Waals surface area (Å²) >= 11 is 0. The van der Waals surface area contributed by atoms with Gasteiger partial charge in [0.25, 0.3) is 5.69 Å². The molecule has 1 heterocycles. The Morgan fingerprint density at radius 3 is 2.25 bits per heavy atom. The van der Waals surface area contributed by atoms with Gasteiger partial charge in [0.05, 0.1) is 36.6 Å². The Balaban J connectivity index is 1.15. The first kappa shape index (κ1) is 30.4. The lowest BCUT2D eigenvalue weighted by Crippen LogP contribution is -2.57. The number of Topliss-reactive ketones (excluding diaryl/α,β-unsaturated/α-hetero) is 1. The van der Waals surface area contributed by atoms with Crippen molar-refractivity contribution in [2.24, 2.45) is 39.3 Å². The van der Waals surface area contributed by atoms with E-state index in [1.54, 1.807) is 18.3 Å². The Hall–Kier alpha value is -3.66. The molecule has 1 aromatic carbocycles. The molecule has 1 atom stereocenters. The van der Waals surface area contributed by atoms with Crippen molar-refractivity contribution in [3.8, 4) is 0 Å². The van der Waals surface area contributed by atoms with Crippen LogP contribution in [-0.4, -0.2) is 66.3 Å². The zero-order valence-corrected chi connectivity index (χ0v) is 25.7. The van der Waals surface area contributed by atoms with Crippen molar-refractivity contribution >= 4 is 35.9 Å². The summed E-state index contributed by atoms with van der Waals surface area (Å²) in [6.07, 6.45) is 13.3. The van der Waals surface area contributed by atoms with E-state index >= 15 is 0 Å². The molecule has 5 aliphatic carbocycles. The molecule has 1 unspecified atom stereocenters. The van der Waals surface area contributed by atoms with Gasteiger partial charge in [-0.2, -0.15) is 10.2 Å². The molecule has 1 N–H and O–H groups in total. The predicted molar refractivity (Wildman–Crippen MR) is 169 cm³/mol. The number of ketones is 1. The molecule has 1 amide bonds. The van der Waals surface area contributed by atoms with Crippen LogP contribution in [0, 0.1) is 39.2 Å². The number of carbonyl (C=O) groups excluding carboxylic acids is 2. The third-order valence-electron chi connectivity index (χ3n) is 10.3. The molecule has 10 nitrogen and oxygen atoms in total. The van der Waals surface area contributed by atoms with Crippen LogP contribution in [0.1, 0.15) is 70.8 Å². The summed E-state index contributed by atoms with van der Waals surface area (Å²) in [5, 5.41) is 22.6. The van der Waals surface area contributed by atoms with E-state index in [2.05, 4.69) is 26.5 Å². The van der Waals surface area contributed by atoms with Crippen molar-refractivity contribution in [3.05, 3.63) is 56.8 Å². The van der Waals surface area contributed by atoms with Crippen LogP contribution in [0.3, 0.4) is 0 Å². The number of benzene rings is 1. The molecular formula is C34H43N5O5. The summed E-state index contributed by atoms with van der Waals surface area (Å²) in [7, 11) is 0. The van der Waals surface area contributed by atoms with Crippen LogP contribution in [0.15, 0.2) is 51.3 Å². The first-order chi connectivity index (χ1) is 21.2. The minimum absolute atomic E-state index is 0.0548. The van der Waals surface area contributed by atoms with E-state index < -0.39 is 11.0 Å². The summed E-state index contributed by atoms with van der Waals surface area (Å²) in [5.41, 5.74) is 3.90. The second-order valence-electron chi connectivity index (χ2n) is 13.8. The molecule has 5 fully saturated rings. The average Bonchev–Trinajstić information content (AvgIpc) is 3.39. The van der Waals surface area contributed by atoms with Gasteiger partial charge in [-0.15, -0.1) is 0 Å². The van der Waals surface area contributed by atoms with Crippen LogP contribution < -0.4 is 5.32 Å². The predicted octanol–water partition coefficient (Wildman–Crippen LogP) is 5.34. The Morgan fingerprint density at radius 1 is 1.02 bits per heavy atom. The fraction of sp³-hybridized carbons (Fsp3) is 0.588. The molecule has 0 spiro atoms. The van der Waals surface area contributed by atoms with Gasteiger partial charge in [0.1, 0.15) is 0 Å². The molecule has 234 valence electrons. The van der Waals surface area contributed by atoms with Gasteiger partial charge in [-0.05, 0) is 110 Å². The van der Waals surface area contributed by atoms with E-state index in [4.69, 9.17) is 4.74 Å². The van der Waals surface area contributed by atoms with Crippen molar-refractivity contribution in [2.75, 3.05) is 26.3 Å².